The zero-order valence-electron chi connectivity index (χ0n) is 13.0. The van der Waals surface area contributed by atoms with Gasteiger partial charge in [0.05, 0.1) is 13.2 Å². The number of ether oxygens (including phenoxy) is 1. The normalized spacial score (nSPS) is 17.8. The molecule has 0 bridgehead atoms. The Bertz CT molecular complexity index is 688. The number of hydrogen-bond acceptors (Lipinski definition) is 3. The second-order valence-corrected chi connectivity index (χ2v) is 5.63. The molecule has 2 aromatic rings. The van der Waals surface area contributed by atoms with E-state index < -0.39 is 5.82 Å². The second-order valence-electron chi connectivity index (χ2n) is 5.63. The van der Waals surface area contributed by atoms with Crippen molar-refractivity contribution >= 4 is 17.3 Å². The van der Waals surface area contributed by atoms with E-state index in [1.165, 1.54) is 18.2 Å². The van der Waals surface area contributed by atoms with Crippen LogP contribution in [-0.2, 0) is 4.74 Å². The van der Waals surface area contributed by atoms with Crippen LogP contribution < -0.4 is 10.2 Å². The summed E-state index contributed by atoms with van der Waals surface area (Å²) in [7, 11) is 0. The Morgan fingerprint density at radius 3 is 2.74 bits per heavy atom. The molecule has 2 aromatic carbocycles. The highest BCUT2D eigenvalue weighted by molar-refractivity contribution is 6.04. The van der Waals surface area contributed by atoms with Crippen LogP contribution in [0.15, 0.2) is 48.5 Å². The summed E-state index contributed by atoms with van der Waals surface area (Å²) < 4.78 is 18.6. The first-order valence-corrected chi connectivity index (χ1v) is 7.65. The van der Waals surface area contributed by atoms with E-state index in [9.17, 15) is 9.18 Å². The quantitative estimate of drug-likeness (QED) is 0.945. The molecule has 1 amide bonds. The van der Waals surface area contributed by atoms with Gasteiger partial charge in [-0.25, -0.2) is 4.39 Å². The first kappa shape index (κ1) is 15.5. The molecular weight excluding hydrogens is 295 g/mol. The number of halogens is 1. The summed E-state index contributed by atoms with van der Waals surface area (Å²) in [5.41, 5.74) is 2.09. The lowest BCUT2D eigenvalue weighted by Gasteiger charge is -2.35. The van der Waals surface area contributed by atoms with Gasteiger partial charge in [0.15, 0.2) is 0 Å². The van der Waals surface area contributed by atoms with Crippen molar-refractivity contribution in [2.45, 2.75) is 13.0 Å². The average molecular weight is 314 g/mol. The summed E-state index contributed by atoms with van der Waals surface area (Å²) in [4.78, 5) is 14.4. The van der Waals surface area contributed by atoms with Gasteiger partial charge in [-0.05, 0) is 49.4 Å². The molecule has 5 heteroatoms. The van der Waals surface area contributed by atoms with Crippen LogP contribution in [0.1, 0.15) is 17.3 Å². The van der Waals surface area contributed by atoms with Gasteiger partial charge in [-0.1, -0.05) is 6.07 Å². The Balaban J connectivity index is 1.69. The van der Waals surface area contributed by atoms with Crippen molar-refractivity contribution in [3.05, 3.63) is 59.9 Å². The fourth-order valence-corrected chi connectivity index (χ4v) is 2.68. The minimum Gasteiger partial charge on any atom is -0.377 e. The third-order valence-corrected chi connectivity index (χ3v) is 3.91. The lowest BCUT2D eigenvalue weighted by molar-refractivity contribution is 0.0989. The van der Waals surface area contributed by atoms with Crippen LogP contribution in [0.2, 0.25) is 0 Å². The van der Waals surface area contributed by atoms with Crippen LogP contribution in [0.3, 0.4) is 0 Å². The summed E-state index contributed by atoms with van der Waals surface area (Å²) in [5.74, 6) is -0.744. The molecule has 1 heterocycles. The third kappa shape index (κ3) is 3.68. The number of rotatable bonds is 3. The molecule has 0 spiro atoms. The topological polar surface area (TPSA) is 41.6 Å². The standard InChI is InChI=1S/C18H19FN2O2/c1-13-12-23-10-9-21(13)17-7-5-16(6-8-17)20-18(22)14-3-2-4-15(19)11-14/h2-8,11,13H,9-10,12H2,1H3,(H,20,22). The number of morpholine rings is 1. The van der Waals surface area contributed by atoms with Crippen LogP contribution in [0.25, 0.3) is 0 Å². The second kappa shape index (κ2) is 6.79. The van der Waals surface area contributed by atoms with Gasteiger partial charge in [-0.15, -0.1) is 0 Å². The van der Waals surface area contributed by atoms with Crippen LogP contribution >= 0.6 is 0 Å². The zero-order chi connectivity index (χ0) is 16.2. The van der Waals surface area contributed by atoms with Crippen molar-refractivity contribution in [3.8, 4) is 0 Å². The van der Waals surface area contributed by atoms with Crippen molar-refractivity contribution < 1.29 is 13.9 Å². The smallest absolute Gasteiger partial charge is 0.255 e. The van der Waals surface area contributed by atoms with E-state index in [2.05, 4.69) is 17.1 Å². The summed E-state index contributed by atoms with van der Waals surface area (Å²) >= 11 is 0. The minimum atomic E-state index is -0.422. The summed E-state index contributed by atoms with van der Waals surface area (Å²) in [6, 6.07) is 13.6. The summed E-state index contributed by atoms with van der Waals surface area (Å²) in [5, 5.41) is 2.78. The maximum absolute atomic E-state index is 13.2. The molecule has 120 valence electrons. The third-order valence-electron chi connectivity index (χ3n) is 3.91. The molecule has 3 rings (SSSR count). The SMILES string of the molecule is CC1COCCN1c1ccc(NC(=O)c2cccc(F)c2)cc1. The Morgan fingerprint density at radius 1 is 1.26 bits per heavy atom. The van der Waals surface area contributed by atoms with Gasteiger partial charge in [0.1, 0.15) is 5.82 Å². The molecule has 0 saturated carbocycles. The Morgan fingerprint density at radius 2 is 2.04 bits per heavy atom. The van der Waals surface area contributed by atoms with Gasteiger partial charge in [0.25, 0.3) is 5.91 Å². The first-order valence-electron chi connectivity index (χ1n) is 7.65. The molecule has 1 N–H and O–H groups in total. The van der Waals surface area contributed by atoms with E-state index in [4.69, 9.17) is 4.74 Å². The van der Waals surface area contributed by atoms with Crippen molar-refractivity contribution in [3.63, 3.8) is 0 Å². The molecule has 1 aliphatic heterocycles. The number of anilines is 2. The average Bonchev–Trinajstić information content (AvgIpc) is 2.56. The molecule has 0 radical (unpaired) electrons. The minimum absolute atomic E-state index is 0.302. The van der Waals surface area contributed by atoms with Crippen LogP contribution in [0.5, 0.6) is 0 Å². The van der Waals surface area contributed by atoms with Gasteiger partial charge < -0.3 is 15.0 Å². The summed E-state index contributed by atoms with van der Waals surface area (Å²) in [6.07, 6.45) is 0. The summed E-state index contributed by atoms with van der Waals surface area (Å²) in [6.45, 7) is 4.43. The number of amides is 1. The maximum atomic E-state index is 13.2. The Kier molecular flexibility index (Phi) is 4.57. The molecule has 0 aromatic heterocycles. The lowest BCUT2D eigenvalue weighted by Crippen LogP contribution is -2.43. The van der Waals surface area contributed by atoms with E-state index in [1.54, 1.807) is 6.07 Å². The van der Waals surface area contributed by atoms with Gasteiger partial charge in [-0.2, -0.15) is 0 Å². The highest BCUT2D eigenvalue weighted by Crippen LogP contribution is 2.22. The van der Waals surface area contributed by atoms with E-state index in [1.807, 2.05) is 24.3 Å². The van der Waals surface area contributed by atoms with E-state index in [0.29, 0.717) is 17.3 Å². The molecule has 4 nitrogen and oxygen atoms in total. The number of benzene rings is 2. The zero-order valence-corrected chi connectivity index (χ0v) is 13.0. The first-order chi connectivity index (χ1) is 11.1. The van der Waals surface area contributed by atoms with Gasteiger partial charge in [-0.3, -0.25) is 4.79 Å². The molecule has 1 atom stereocenters. The Labute approximate surface area is 134 Å². The lowest BCUT2D eigenvalue weighted by atomic mass is 10.2. The monoisotopic (exact) mass is 314 g/mol. The molecule has 1 aliphatic rings. The number of nitrogens with zero attached hydrogens (tertiary/aromatic N) is 1. The van der Waals surface area contributed by atoms with Crippen molar-refractivity contribution in [2.75, 3.05) is 30.0 Å². The number of carbonyl (C=O) groups is 1. The molecule has 0 aliphatic carbocycles. The number of hydrogen-bond donors (Lipinski definition) is 1. The molecule has 23 heavy (non-hydrogen) atoms. The van der Waals surface area contributed by atoms with Gasteiger partial charge in [0.2, 0.25) is 0 Å². The van der Waals surface area contributed by atoms with Crippen LogP contribution in [-0.4, -0.2) is 31.7 Å². The number of nitrogens with one attached hydrogen (secondary N) is 1. The molecule has 1 unspecified atom stereocenters. The predicted molar refractivity (Wildman–Crippen MR) is 88.4 cm³/mol. The maximum Gasteiger partial charge on any atom is 0.255 e. The van der Waals surface area contributed by atoms with Crippen molar-refractivity contribution in [2.24, 2.45) is 0 Å². The largest absolute Gasteiger partial charge is 0.377 e. The van der Waals surface area contributed by atoms with Gasteiger partial charge in [0, 0.05) is 29.5 Å². The number of carbonyl (C=O) groups excluding carboxylic acids is 1. The predicted octanol–water partition coefficient (Wildman–Crippen LogP) is 3.30. The van der Waals surface area contributed by atoms with E-state index in [0.717, 1.165) is 25.4 Å². The van der Waals surface area contributed by atoms with Crippen LogP contribution in [0.4, 0.5) is 15.8 Å². The highest BCUT2D eigenvalue weighted by Gasteiger charge is 2.18. The molecular formula is C18H19FN2O2. The van der Waals surface area contributed by atoms with Gasteiger partial charge >= 0.3 is 0 Å². The van der Waals surface area contributed by atoms with E-state index in [-0.39, 0.29) is 5.91 Å². The fraction of sp³-hybridized carbons (Fsp3) is 0.278. The Hall–Kier alpha value is -2.40. The molecule has 1 fully saturated rings. The highest BCUT2D eigenvalue weighted by atomic mass is 19.1. The van der Waals surface area contributed by atoms with E-state index >= 15 is 0 Å². The molecule has 1 saturated heterocycles. The fourth-order valence-electron chi connectivity index (χ4n) is 2.68. The van der Waals surface area contributed by atoms with Crippen molar-refractivity contribution in [1.29, 1.82) is 0 Å². The van der Waals surface area contributed by atoms with Crippen LogP contribution in [0, 0.1) is 5.82 Å². The van der Waals surface area contributed by atoms with Crippen molar-refractivity contribution in [1.82, 2.24) is 0 Å².